The Morgan fingerprint density at radius 2 is 2.10 bits per heavy atom. The molecule has 0 radical (unpaired) electrons. The summed E-state index contributed by atoms with van der Waals surface area (Å²) in [4.78, 5) is 0. The van der Waals surface area contributed by atoms with Crippen LogP contribution in [0.1, 0.15) is 11.1 Å². The van der Waals surface area contributed by atoms with E-state index < -0.39 is 5.82 Å². The van der Waals surface area contributed by atoms with Crippen molar-refractivity contribution in [2.45, 2.75) is 6.61 Å². The van der Waals surface area contributed by atoms with Gasteiger partial charge in [0, 0.05) is 10.0 Å². The van der Waals surface area contributed by atoms with Crippen LogP contribution in [0.15, 0.2) is 46.0 Å². The van der Waals surface area contributed by atoms with E-state index in [2.05, 4.69) is 21.1 Å². The Labute approximate surface area is 134 Å². The number of rotatable bonds is 4. The number of ether oxygens (including phenoxy) is 1. The normalized spacial score (nSPS) is 11.5. The fourth-order valence-electron chi connectivity index (χ4n) is 1.69. The maximum absolute atomic E-state index is 13.5. The van der Waals surface area contributed by atoms with E-state index in [1.807, 2.05) is 0 Å². The average Bonchev–Trinajstić information content (AvgIpc) is 2.45. The van der Waals surface area contributed by atoms with Gasteiger partial charge in [-0.3, -0.25) is 0 Å². The highest BCUT2D eigenvalue weighted by Crippen LogP contribution is 2.28. The van der Waals surface area contributed by atoms with Crippen molar-refractivity contribution in [3.8, 4) is 5.75 Å². The molecule has 0 aliphatic heterocycles. The molecule has 0 aliphatic rings. The van der Waals surface area contributed by atoms with Crippen LogP contribution in [-0.4, -0.2) is 11.0 Å². The van der Waals surface area contributed by atoms with E-state index in [1.165, 1.54) is 12.1 Å². The molecule has 0 fully saturated rings. The molecular weight excluding hydrogens is 363 g/mol. The van der Waals surface area contributed by atoms with E-state index in [9.17, 15) is 4.39 Å². The van der Waals surface area contributed by atoms with E-state index in [4.69, 9.17) is 27.3 Å². The Morgan fingerprint density at radius 1 is 1.33 bits per heavy atom. The number of hydrogen-bond acceptors (Lipinski definition) is 3. The summed E-state index contributed by atoms with van der Waals surface area (Å²) in [5.74, 6) is -0.188. The van der Waals surface area contributed by atoms with Gasteiger partial charge in [-0.05, 0) is 42.0 Å². The van der Waals surface area contributed by atoms with Crippen LogP contribution in [0.2, 0.25) is 5.02 Å². The van der Waals surface area contributed by atoms with Gasteiger partial charge in [0.15, 0.2) is 5.84 Å². The van der Waals surface area contributed by atoms with E-state index >= 15 is 0 Å². The monoisotopic (exact) mass is 372 g/mol. The number of halogens is 3. The lowest BCUT2D eigenvalue weighted by molar-refractivity contribution is 0.305. The minimum Gasteiger partial charge on any atom is -0.487 e. The second-order valence-electron chi connectivity index (χ2n) is 4.20. The number of nitrogens with zero attached hydrogens (tertiary/aromatic N) is 1. The van der Waals surface area contributed by atoms with Crippen LogP contribution in [0.4, 0.5) is 4.39 Å². The topological polar surface area (TPSA) is 67.8 Å². The van der Waals surface area contributed by atoms with Crippen LogP contribution in [0, 0.1) is 5.82 Å². The van der Waals surface area contributed by atoms with Gasteiger partial charge in [-0.2, -0.15) is 0 Å². The van der Waals surface area contributed by atoms with Crippen LogP contribution in [0.25, 0.3) is 0 Å². The minimum atomic E-state index is -0.500. The van der Waals surface area contributed by atoms with Crippen LogP contribution in [0.5, 0.6) is 5.75 Å². The lowest BCUT2D eigenvalue weighted by atomic mass is 10.1. The fourth-order valence-corrected chi connectivity index (χ4v) is 2.42. The lowest BCUT2D eigenvalue weighted by Gasteiger charge is -2.09. The van der Waals surface area contributed by atoms with Gasteiger partial charge in [0.05, 0.1) is 5.02 Å². The summed E-state index contributed by atoms with van der Waals surface area (Å²) >= 11 is 9.32. The Morgan fingerprint density at radius 3 is 2.76 bits per heavy atom. The molecule has 0 aromatic heterocycles. The summed E-state index contributed by atoms with van der Waals surface area (Å²) in [5, 5.41) is 11.9. The molecule has 0 bridgehead atoms. The molecule has 0 aliphatic carbocycles. The van der Waals surface area contributed by atoms with Crippen LogP contribution in [-0.2, 0) is 6.61 Å². The molecule has 110 valence electrons. The highest BCUT2D eigenvalue weighted by molar-refractivity contribution is 9.10. The lowest BCUT2D eigenvalue weighted by Crippen LogP contribution is -2.14. The third kappa shape index (κ3) is 4.09. The summed E-state index contributed by atoms with van der Waals surface area (Å²) in [7, 11) is 0. The molecule has 0 saturated heterocycles. The summed E-state index contributed by atoms with van der Waals surface area (Å²) < 4.78 is 19.9. The number of oxime groups is 1. The van der Waals surface area contributed by atoms with Gasteiger partial charge in [0.2, 0.25) is 0 Å². The van der Waals surface area contributed by atoms with E-state index in [1.54, 1.807) is 24.3 Å². The van der Waals surface area contributed by atoms with Crippen molar-refractivity contribution in [3.05, 3.63) is 62.8 Å². The molecule has 0 amide bonds. The molecule has 0 heterocycles. The van der Waals surface area contributed by atoms with Gasteiger partial charge in [0.25, 0.3) is 0 Å². The van der Waals surface area contributed by atoms with Crippen molar-refractivity contribution in [1.82, 2.24) is 0 Å². The first-order valence-electron chi connectivity index (χ1n) is 5.85. The Bertz CT molecular complexity index is 695. The largest absolute Gasteiger partial charge is 0.487 e. The fraction of sp³-hybridized carbons (Fsp3) is 0.0714. The van der Waals surface area contributed by atoms with Crippen molar-refractivity contribution in [2.75, 3.05) is 0 Å². The molecular formula is C14H11BrClFN2O2. The van der Waals surface area contributed by atoms with Crippen molar-refractivity contribution >= 4 is 33.4 Å². The van der Waals surface area contributed by atoms with Crippen LogP contribution in [0.3, 0.4) is 0 Å². The highest BCUT2D eigenvalue weighted by Gasteiger charge is 2.07. The van der Waals surface area contributed by atoms with Crippen molar-refractivity contribution in [3.63, 3.8) is 0 Å². The SMILES string of the molecule is N/C(=N/O)c1cc(F)cc(COc2ccc(Br)cc2Cl)c1. The molecule has 3 N–H and O–H groups in total. The second kappa shape index (κ2) is 6.78. The molecule has 0 saturated carbocycles. The molecule has 2 aromatic carbocycles. The first-order chi connectivity index (χ1) is 9.99. The van der Waals surface area contributed by atoms with Gasteiger partial charge in [-0.15, -0.1) is 0 Å². The summed E-state index contributed by atoms with van der Waals surface area (Å²) in [6.45, 7) is 0.102. The Kier molecular flexibility index (Phi) is 5.03. The van der Waals surface area contributed by atoms with Crippen LogP contribution >= 0.6 is 27.5 Å². The first-order valence-corrected chi connectivity index (χ1v) is 7.02. The number of nitrogens with two attached hydrogens (primary N) is 1. The number of amidine groups is 1. The van der Waals surface area contributed by atoms with Gasteiger partial charge in [-0.25, -0.2) is 4.39 Å². The third-order valence-electron chi connectivity index (χ3n) is 2.65. The quantitative estimate of drug-likeness (QED) is 0.369. The maximum atomic E-state index is 13.5. The molecule has 0 unspecified atom stereocenters. The molecule has 7 heteroatoms. The highest BCUT2D eigenvalue weighted by atomic mass is 79.9. The molecule has 0 atom stereocenters. The predicted molar refractivity (Wildman–Crippen MR) is 82.4 cm³/mol. The standard InChI is InChI=1S/C14H11BrClFN2O2/c15-10-1-2-13(12(16)6-10)21-7-8-3-9(14(18)19-20)5-11(17)4-8/h1-6,20H,7H2,(H2,18,19). The van der Waals surface area contributed by atoms with E-state index in [0.717, 1.165) is 4.47 Å². The Hall–Kier alpha value is -1.79. The van der Waals surface area contributed by atoms with Gasteiger partial charge < -0.3 is 15.7 Å². The van der Waals surface area contributed by atoms with Crippen molar-refractivity contribution in [1.29, 1.82) is 0 Å². The number of hydrogen-bond donors (Lipinski definition) is 2. The van der Waals surface area contributed by atoms with Crippen molar-refractivity contribution < 1.29 is 14.3 Å². The zero-order valence-corrected chi connectivity index (χ0v) is 13.0. The minimum absolute atomic E-state index is 0.102. The third-order valence-corrected chi connectivity index (χ3v) is 3.44. The first kappa shape index (κ1) is 15.6. The molecule has 2 rings (SSSR count). The van der Waals surface area contributed by atoms with Gasteiger partial charge >= 0.3 is 0 Å². The van der Waals surface area contributed by atoms with E-state index in [-0.39, 0.29) is 18.0 Å². The number of benzene rings is 2. The second-order valence-corrected chi connectivity index (χ2v) is 5.52. The predicted octanol–water partition coefficient (Wildman–Crippen LogP) is 3.92. The van der Waals surface area contributed by atoms with E-state index in [0.29, 0.717) is 16.3 Å². The van der Waals surface area contributed by atoms with Crippen molar-refractivity contribution in [2.24, 2.45) is 10.9 Å². The van der Waals surface area contributed by atoms with Gasteiger partial charge in [0.1, 0.15) is 18.2 Å². The van der Waals surface area contributed by atoms with Crippen LogP contribution < -0.4 is 10.5 Å². The molecule has 21 heavy (non-hydrogen) atoms. The Balaban J connectivity index is 2.18. The van der Waals surface area contributed by atoms with Gasteiger partial charge in [-0.1, -0.05) is 32.7 Å². The average molecular weight is 374 g/mol. The summed E-state index contributed by atoms with van der Waals surface area (Å²) in [5.41, 5.74) is 6.26. The maximum Gasteiger partial charge on any atom is 0.170 e. The molecule has 4 nitrogen and oxygen atoms in total. The summed E-state index contributed by atoms with van der Waals surface area (Å²) in [6, 6.07) is 9.24. The smallest absolute Gasteiger partial charge is 0.170 e. The zero-order valence-electron chi connectivity index (χ0n) is 10.7. The molecule has 2 aromatic rings. The molecule has 0 spiro atoms. The summed E-state index contributed by atoms with van der Waals surface area (Å²) in [6.07, 6.45) is 0. The zero-order chi connectivity index (χ0) is 15.4.